The summed E-state index contributed by atoms with van der Waals surface area (Å²) in [6.45, 7) is 3.92. The van der Waals surface area contributed by atoms with Gasteiger partial charge in [0.25, 0.3) is 5.56 Å². The molecule has 0 aliphatic rings. The highest BCUT2D eigenvalue weighted by molar-refractivity contribution is 5.79. The van der Waals surface area contributed by atoms with E-state index in [9.17, 15) is 10.1 Å². The molecule has 1 aromatic carbocycles. The number of H-pyrrole nitrogens is 1. The van der Waals surface area contributed by atoms with Crippen molar-refractivity contribution in [3.63, 3.8) is 0 Å². The SMILES string of the molecule is CC(C)c1cc(=O)[nH]nc1-c1nc(N)c(C#N)nc1-c1ccccc1. The number of nitriles is 1. The number of hydrogen-bond donors (Lipinski definition) is 2. The minimum Gasteiger partial charge on any atom is -0.381 e. The van der Waals surface area contributed by atoms with E-state index in [4.69, 9.17) is 5.73 Å². The Morgan fingerprint density at radius 1 is 1.12 bits per heavy atom. The zero-order valence-electron chi connectivity index (χ0n) is 13.8. The number of rotatable bonds is 3. The number of hydrogen-bond acceptors (Lipinski definition) is 6. The van der Waals surface area contributed by atoms with Gasteiger partial charge >= 0.3 is 0 Å². The molecule has 3 aromatic rings. The molecule has 0 aliphatic carbocycles. The Bertz CT molecular complexity index is 1020. The Morgan fingerprint density at radius 3 is 2.48 bits per heavy atom. The Morgan fingerprint density at radius 2 is 1.84 bits per heavy atom. The fraction of sp³-hybridized carbons (Fsp3) is 0.167. The van der Waals surface area contributed by atoms with E-state index in [0.29, 0.717) is 17.1 Å². The van der Waals surface area contributed by atoms with E-state index >= 15 is 0 Å². The second kappa shape index (κ2) is 6.53. The van der Waals surface area contributed by atoms with E-state index in [1.807, 2.05) is 50.2 Å². The first-order valence-electron chi connectivity index (χ1n) is 7.74. The van der Waals surface area contributed by atoms with Gasteiger partial charge in [0.05, 0.1) is 5.69 Å². The quantitative estimate of drug-likeness (QED) is 0.760. The summed E-state index contributed by atoms with van der Waals surface area (Å²) >= 11 is 0. The maximum atomic E-state index is 11.7. The second-order valence-corrected chi connectivity index (χ2v) is 5.82. The molecule has 0 saturated carbocycles. The van der Waals surface area contributed by atoms with Crippen LogP contribution in [0, 0.1) is 11.3 Å². The smallest absolute Gasteiger partial charge is 0.264 e. The third kappa shape index (κ3) is 3.10. The zero-order valence-corrected chi connectivity index (χ0v) is 13.8. The molecule has 2 heterocycles. The number of anilines is 1. The van der Waals surface area contributed by atoms with Gasteiger partial charge in [-0.25, -0.2) is 15.1 Å². The number of aromatic amines is 1. The minimum atomic E-state index is -0.289. The first-order valence-corrected chi connectivity index (χ1v) is 7.74. The lowest BCUT2D eigenvalue weighted by Gasteiger charge is -2.14. The van der Waals surface area contributed by atoms with Crippen LogP contribution in [0.25, 0.3) is 22.6 Å². The van der Waals surface area contributed by atoms with Crippen LogP contribution in [0.5, 0.6) is 0 Å². The summed E-state index contributed by atoms with van der Waals surface area (Å²) in [5, 5.41) is 15.9. The molecule has 0 radical (unpaired) electrons. The molecule has 3 rings (SSSR count). The average molecular weight is 332 g/mol. The van der Waals surface area contributed by atoms with Gasteiger partial charge in [0.1, 0.15) is 17.5 Å². The van der Waals surface area contributed by atoms with Crippen molar-refractivity contribution in [2.75, 3.05) is 5.73 Å². The Labute approximate surface area is 144 Å². The summed E-state index contributed by atoms with van der Waals surface area (Å²) in [6.07, 6.45) is 0. The molecule has 25 heavy (non-hydrogen) atoms. The van der Waals surface area contributed by atoms with Crippen molar-refractivity contribution < 1.29 is 0 Å². The molecule has 0 aliphatic heterocycles. The Kier molecular flexibility index (Phi) is 4.27. The van der Waals surface area contributed by atoms with Gasteiger partial charge in [0, 0.05) is 11.6 Å². The highest BCUT2D eigenvalue weighted by atomic mass is 16.1. The van der Waals surface area contributed by atoms with E-state index in [1.54, 1.807) is 0 Å². The van der Waals surface area contributed by atoms with Crippen LogP contribution in [0.1, 0.15) is 31.0 Å². The number of nitrogen functional groups attached to an aromatic ring is 1. The van der Waals surface area contributed by atoms with Gasteiger partial charge in [-0.15, -0.1) is 0 Å². The molecule has 0 amide bonds. The van der Waals surface area contributed by atoms with E-state index < -0.39 is 0 Å². The highest BCUT2D eigenvalue weighted by Gasteiger charge is 2.20. The third-order valence-electron chi connectivity index (χ3n) is 3.76. The van der Waals surface area contributed by atoms with Crippen molar-refractivity contribution in [1.82, 2.24) is 20.2 Å². The fourth-order valence-electron chi connectivity index (χ4n) is 2.54. The maximum absolute atomic E-state index is 11.7. The number of aromatic nitrogens is 4. The number of benzene rings is 1. The molecular weight excluding hydrogens is 316 g/mol. The molecule has 0 bridgehead atoms. The van der Waals surface area contributed by atoms with Gasteiger partial charge in [-0.05, 0) is 11.5 Å². The Hall–Kier alpha value is -3.53. The Balaban J connectivity index is 2.36. The molecule has 0 unspecified atom stereocenters. The van der Waals surface area contributed by atoms with Crippen LogP contribution < -0.4 is 11.3 Å². The van der Waals surface area contributed by atoms with E-state index in [0.717, 1.165) is 11.1 Å². The minimum absolute atomic E-state index is 0.0277. The van der Waals surface area contributed by atoms with Gasteiger partial charge in [0.2, 0.25) is 0 Å². The largest absolute Gasteiger partial charge is 0.381 e. The molecule has 7 nitrogen and oxygen atoms in total. The van der Waals surface area contributed by atoms with Crippen molar-refractivity contribution in [1.29, 1.82) is 5.26 Å². The van der Waals surface area contributed by atoms with Crippen molar-refractivity contribution in [3.8, 4) is 28.7 Å². The number of nitrogens with two attached hydrogens (primary N) is 1. The monoisotopic (exact) mass is 332 g/mol. The van der Waals surface area contributed by atoms with Crippen LogP contribution in [-0.2, 0) is 0 Å². The molecule has 2 aromatic heterocycles. The predicted molar refractivity (Wildman–Crippen MR) is 94.5 cm³/mol. The summed E-state index contributed by atoms with van der Waals surface area (Å²) in [6, 6.07) is 12.8. The van der Waals surface area contributed by atoms with E-state index in [2.05, 4.69) is 20.2 Å². The van der Waals surface area contributed by atoms with Crippen LogP contribution >= 0.6 is 0 Å². The van der Waals surface area contributed by atoms with Gasteiger partial charge < -0.3 is 5.73 Å². The lowest BCUT2D eigenvalue weighted by atomic mass is 9.98. The first-order chi connectivity index (χ1) is 12.0. The lowest BCUT2D eigenvalue weighted by Crippen LogP contribution is -2.13. The normalized spacial score (nSPS) is 10.6. The summed E-state index contributed by atoms with van der Waals surface area (Å²) in [5.41, 5.74) is 8.58. The topological polar surface area (TPSA) is 121 Å². The predicted octanol–water partition coefficient (Wildman–Crippen LogP) is 2.47. The number of nitrogens with one attached hydrogen (secondary N) is 1. The maximum Gasteiger partial charge on any atom is 0.264 e. The molecule has 124 valence electrons. The fourth-order valence-corrected chi connectivity index (χ4v) is 2.54. The van der Waals surface area contributed by atoms with E-state index in [-0.39, 0.29) is 23.0 Å². The summed E-state index contributed by atoms with van der Waals surface area (Å²) in [7, 11) is 0. The molecule has 0 fully saturated rings. The molecule has 3 N–H and O–H groups in total. The standard InChI is InChI=1S/C18H16N6O/c1-10(2)12-8-14(25)23-24-16(12)17-15(11-6-4-3-5-7-11)21-13(9-19)18(20)22-17/h3-8,10H,1-2H3,(H2,20,22)(H,23,25). The average Bonchev–Trinajstić information content (AvgIpc) is 2.62. The van der Waals surface area contributed by atoms with Crippen molar-refractivity contribution in [2.24, 2.45) is 0 Å². The van der Waals surface area contributed by atoms with Gasteiger partial charge in [-0.2, -0.15) is 10.4 Å². The molecular formula is C18H16N6O. The molecule has 0 saturated heterocycles. The van der Waals surface area contributed by atoms with Crippen LogP contribution in [0.2, 0.25) is 0 Å². The van der Waals surface area contributed by atoms with Crippen LogP contribution in [0.3, 0.4) is 0 Å². The summed E-state index contributed by atoms with van der Waals surface area (Å²) in [5.74, 6) is 0.0759. The third-order valence-corrected chi connectivity index (χ3v) is 3.76. The summed E-state index contributed by atoms with van der Waals surface area (Å²) < 4.78 is 0. The van der Waals surface area contributed by atoms with Crippen molar-refractivity contribution in [3.05, 3.63) is 58.0 Å². The van der Waals surface area contributed by atoms with Crippen molar-refractivity contribution in [2.45, 2.75) is 19.8 Å². The highest BCUT2D eigenvalue weighted by Crippen LogP contribution is 2.32. The van der Waals surface area contributed by atoms with E-state index in [1.165, 1.54) is 6.07 Å². The van der Waals surface area contributed by atoms with Gasteiger partial charge in [-0.1, -0.05) is 44.2 Å². The molecule has 0 spiro atoms. The zero-order chi connectivity index (χ0) is 18.0. The first kappa shape index (κ1) is 16.3. The van der Waals surface area contributed by atoms with Crippen LogP contribution in [0.4, 0.5) is 5.82 Å². The molecule has 0 atom stereocenters. The summed E-state index contributed by atoms with van der Waals surface area (Å²) in [4.78, 5) is 20.4. The van der Waals surface area contributed by atoms with Gasteiger partial charge in [-0.3, -0.25) is 4.79 Å². The van der Waals surface area contributed by atoms with Gasteiger partial charge in [0.15, 0.2) is 11.5 Å². The molecule has 7 heteroatoms. The second-order valence-electron chi connectivity index (χ2n) is 5.82. The van der Waals surface area contributed by atoms with Crippen molar-refractivity contribution >= 4 is 5.82 Å². The number of nitrogens with zero attached hydrogens (tertiary/aromatic N) is 4. The van der Waals surface area contributed by atoms with Crippen LogP contribution in [0.15, 0.2) is 41.2 Å². The lowest BCUT2D eigenvalue weighted by molar-refractivity contribution is 0.835. The van der Waals surface area contributed by atoms with Crippen LogP contribution in [-0.4, -0.2) is 20.2 Å².